The quantitative estimate of drug-likeness (QED) is 0.194. The van der Waals surface area contributed by atoms with Gasteiger partial charge in [0.1, 0.15) is 0 Å². The van der Waals surface area contributed by atoms with E-state index in [0.29, 0.717) is 0 Å². The number of hydrogen-bond acceptors (Lipinski definition) is 3. The minimum atomic E-state index is 1.07. The summed E-state index contributed by atoms with van der Waals surface area (Å²) >= 11 is 1.79. The molecule has 0 fully saturated rings. The highest BCUT2D eigenvalue weighted by atomic mass is 32.1. The summed E-state index contributed by atoms with van der Waals surface area (Å²) in [7, 11) is 0. The zero-order valence-electron chi connectivity index (χ0n) is 24.0. The van der Waals surface area contributed by atoms with E-state index < -0.39 is 0 Å². The smallest absolute Gasteiger partial charge is 0.0738 e. The van der Waals surface area contributed by atoms with E-state index in [4.69, 9.17) is 4.98 Å². The number of benzene rings is 6. The number of rotatable bonds is 6. The normalized spacial score (nSPS) is 11.2. The zero-order chi connectivity index (χ0) is 29.3. The molecule has 2 nitrogen and oxygen atoms in total. The molecular formula is C41H28N2S. The van der Waals surface area contributed by atoms with Crippen LogP contribution in [0, 0.1) is 0 Å². The molecule has 0 aliphatic carbocycles. The average Bonchev–Trinajstić information content (AvgIpc) is 3.49. The van der Waals surface area contributed by atoms with Crippen molar-refractivity contribution in [2.45, 2.75) is 0 Å². The van der Waals surface area contributed by atoms with E-state index in [1.54, 1.807) is 11.3 Å². The summed E-state index contributed by atoms with van der Waals surface area (Å²) in [5, 5.41) is 2.48. The molecule has 0 N–H and O–H groups in total. The molecule has 6 aromatic carbocycles. The third-order valence-electron chi connectivity index (χ3n) is 8.19. The van der Waals surface area contributed by atoms with E-state index in [2.05, 4.69) is 163 Å². The molecule has 2 aromatic heterocycles. The molecule has 8 rings (SSSR count). The molecule has 0 aliphatic rings. The first kappa shape index (κ1) is 26.1. The van der Waals surface area contributed by atoms with Gasteiger partial charge in [-0.25, -0.2) is 0 Å². The highest BCUT2D eigenvalue weighted by molar-refractivity contribution is 7.25. The van der Waals surface area contributed by atoms with Crippen molar-refractivity contribution < 1.29 is 0 Å². The molecule has 0 unspecified atom stereocenters. The second-order valence-electron chi connectivity index (χ2n) is 10.8. The van der Waals surface area contributed by atoms with Gasteiger partial charge in [-0.1, -0.05) is 133 Å². The lowest BCUT2D eigenvalue weighted by Crippen LogP contribution is -2.12. The van der Waals surface area contributed by atoms with Crippen LogP contribution in [0.4, 0.5) is 17.1 Å². The molecule has 0 saturated heterocycles. The maximum atomic E-state index is 4.75. The summed E-state index contributed by atoms with van der Waals surface area (Å²) < 4.78 is 2.45. The van der Waals surface area contributed by atoms with Crippen LogP contribution in [0.25, 0.3) is 53.6 Å². The van der Waals surface area contributed by atoms with Crippen molar-refractivity contribution in [1.29, 1.82) is 0 Å². The number of anilines is 3. The lowest BCUT2D eigenvalue weighted by molar-refractivity contribution is 1.26. The Balaban J connectivity index is 1.28. The van der Waals surface area contributed by atoms with Crippen LogP contribution in [0.5, 0.6) is 0 Å². The Hall–Kier alpha value is -5.51. The number of nitrogens with zero attached hydrogens (tertiary/aromatic N) is 2. The van der Waals surface area contributed by atoms with E-state index in [9.17, 15) is 0 Å². The van der Waals surface area contributed by atoms with Crippen molar-refractivity contribution in [3.63, 3.8) is 0 Å². The Bertz CT molecular complexity index is 2200. The summed E-state index contributed by atoms with van der Waals surface area (Å²) in [6.45, 7) is 0. The molecule has 0 bridgehead atoms. The number of fused-ring (bicyclic) bond motifs is 3. The van der Waals surface area contributed by atoms with E-state index >= 15 is 0 Å². The standard InChI is InChI=1S/C41H28N2S/c1-3-11-29(12-4-1)30-19-21-31(22-20-30)32-23-25-34(26-24-32)43(37-17-9-7-15-35(37)33-13-5-2-6-14-33)38-27-42-28-40-41(38)36-16-8-10-18-39(36)44-40/h1-28H. The molecule has 8 aromatic rings. The van der Waals surface area contributed by atoms with Gasteiger partial charge >= 0.3 is 0 Å². The largest absolute Gasteiger partial charge is 0.308 e. The van der Waals surface area contributed by atoms with Gasteiger partial charge in [0, 0.05) is 32.9 Å². The van der Waals surface area contributed by atoms with E-state index in [1.807, 2.05) is 12.4 Å². The first-order valence-electron chi connectivity index (χ1n) is 14.8. The van der Waals surface area contributed by atoms with Crippen molar-refractivity contribution >= 4 is 48.6 Å². The maximum Gasteiger partial charge on any atom is 0.0738 e. The van der Waals surface area contributed by atoms with Crippen LogP contribution >= 0.6 is 11.3 Å². The van der Waals surface area contributed by atoms with Crippen LogP contribution < -0.4 is 4.90 Å². The molecule has 3 heteroatoms. The summed E-state index contributed by atoms with van der Waals surface area (Å²) in [5.41, 5.74) is 10.4. The predicted molar refractivity (Wildman–Crippen MR) is 188 cm³/mol. The van der Waals surface area contributed by atoms with Gasteiger partial charge in [-0.3, -0.25) is 4.98 Å². The summed E-state index contributed by atoms with van der Waals surface area (Å²) in [6.07, 6.45) is 4.01. The minimum Gasteiger partial charge on any atom is -0.308 e. The monoisotopic (exact) mass is 580 g/mol. The maximum absolute atomic E-state index is 4.75. The molecule has 44 heavy (non-hydrogen) atoms. The van der Waals surface area contributed by atoms with Crippen LogP contribution in [-0.4, -0.2) is 4.98 Å². The van der Waals surface area contributed by atoms with Crippen LogP contribution in [0.2, 0.25) is 0 Å². The van der Waals surface area contributed by atoms with Gasteiger partial charge in [-0.2, -0.15) is 0 Å². The summed E-state index contributed by atoms with van der Waals surface area (Å²) in [4.78, 5) is 7.12. The van der Waals surface area contributed by atoms with Gasteiger partial charge in [0.05, 0.1) is 22.3 Å². The van der Waals surface area contributed by atoms with E-state index in [1.165, 1.54) is 53.6 Å². The molecule has 0 spiro atoms. The highest BCUT2D eigenvalue weighted by Crippen LogP contribution is 2.46. The van der Waals surface area contributed by atoms with Gasteiger partial charge in [0.25, 0.3) is 0 Å². The van der Waals surface area contributed by atoms with Gasteiger partial charge in [-0.15, -0.1) is 11.3 Å². The fourth-order valence-corrected chi connectivity index (χ4v) is 7.15. The zero-order valence-corrected chi connectivity index (χ0v) is 24.8. The first-order chi connectivity index (χ1) is 21.8. The van der Waals surface area contributed by atoms with Crippen molar-refractivity contribution in [2.24, 2.45) is 0 Å². The Labute approximate surface area is 261 Å². The summed E-state index contributed by atoms with van der Waals surface area (Å²) in [5.74, 6) is 0. The molecule has 2 heterocycles. The number of thiophene rings is 1. The van der Waals surface area contributed by atoms with Crippen molar-refractivity contribution in [1.82, 2.24) is 4.98 Å². The lowest BCUT2D eigenvalue weighted by atomic mass is 9.99. The molecular weight excluding hydrogens is 553 g/mol. The Morgan fingerprint density at radius 3 is 1.66 bits per heavy atom. The van der Waals surface area contributed by atoms with Gasteiger partial charge in [0.15, 0.2) is 0 Å². The second kappa shape index (κ2) is 11.3. The third-order valence-corrected chi connectivity index (χ3v) is 9.29. The van der Waals surface area contributed by atoms with Crippen LogP contribution in [0.15, 0.2) is 170 Å². The predicted octanol–water partition coefficient (Wildman–Crippen LogP) is 11.9. The van der Waals surface area contributed by atoms with Gasteiger partial charge < -0.3 is 4.90 Å². The summed E-state index contributed by atoms with van der Waals surface area (Å²) in [6, 6.07) is 56.2. The van der Waals surface area contributed by atoms with Crippen LogP contribution in [0.1, 0.15) is 0 Å². The molecule has 0 amide bonds. The average molecular weight is 581 g/mol. The number of hydrogen-bond donors (Lipinski definition) is 0. The van der Waals surface area contributed by atoms with Crippen molar-refractivity contribution in [2.75, 3.05) is 4.90 Å². The Morgan fingerprint density at radius 2 is 0.955 bits per heavy atom. The SMILES string of the molecule is c1ccc(-c2ccc(-c3ccc(N(c4ccccc4-c4ccccc4)c4cncc5sc6ccccc6c45)cc3)cc2)cc1. The third kappa shape index (κ3) is 4.74. The number of para-hydroxylation sites is 1. The lowest BCUT2D eigenvalue weighted by Gasteiger charge is -2.28. The fraction of sp³-hybridized carbons (Fsp3) is 0. The van der Waals surface area contributed by atoms with Crippen molar-refractivity contribution in [3.05, 3.63) is 170 Å². The Morgan fingerprint density at radius 1 is 0.409 bits per heavy atom. The number of aromatic nitrogens is 1. The number of pyridine rings is 1. The van der Waals surface area contributed by atoms with E-state index in [0.717, 1.165) is 17.1 Å². The molecule has 208 valence electrons. The van der Waals surface area contributed by atoms with Crippen LogP contribution in [0.3, 0.4) is 0 Å². The minimum absolute atomic E-state index is 1.07. The second-order valence-corrected chi connectivity index (χ2v) is 11.9. The fourth-order valence-electron chi connectivity index (χ4n) is 6.06. The molecule has 0 radical (unpaired) electrons. The van der Waals surface area contributed by atoms with E-state index in [-0.39, 0.29) is 0 Å². The Kier molecular flexibility index (Phi) is 6.71. The highest BCUT2D eigenvalue weighted by Gasteiger charge is 2.21. The van der Waals surface area contributed by atoms with Gasteiger partial charge in [0.2, 0.25) is 0 Å². The topological polar surface area (TPSA) is 16.1 Å². The van der Waals surface area contributed by atoms with Crippen LogP contribution in [-0.2, 0) is 0 Å². The molecule has 0 atom stereocenters. The molecule has 0 aliphatic heterocycles. The first-order valence-corrected chi connectivity index (χ1v) is 15.6. The molecule has 0 saturated carbocycles. The van der Waals surface area contributed by atoms with Gasteiger partial charge in [-0.05, 0) is 52.1 Å². The van der Waals surface area contributed by atoms with Crippen molar-refractivity contribution in [3.8, 4) is 33.4 Å².